The number of fused-ring (bicyclic) bond motifs is 1. The van der Waals surface area contributed by atoms with E-state index in [1.807, 2.05) is 0 Å². The van der Waals surface area contributed by atoms with Gasteiger partial charge in [-0.25, -0.2) is 0 Å². The van der Waals surface area contributed by atoms with Gasteiger partial charge in [0.25, 0.3) is 5.56 Å². The van der Waals surface area contributed by atoms with E-state index in [1.54, 1.807) is 49.4 Å². The minimum Gasteiger partial charge on any atom is -0.495 e. The molecule has 0 saturated heterocycles. The lowest BCUT2D eigenvalue weighted by molar-refractivity contribution is -0.119. The fourth-order valence-corrected chi connectivity index (χ4v) is 2.90. The molecule has 1 heterocycles. The second-order valence-corrected chi connectivity index (χ2v) is 6.03. The third-order valence-electron chi connectivity index (χ3n) is 4.00. The number of carbonyl (C=O) groups excluding carboxylic acids is 1. The average Bonchev–Trinajstić information content (AvgIpc) is 2.64. The van der Waals surface area contributed by atoms with E-state index in [0.29, 0.717) is 33.8 Å². The molecule has 0 bridgehead atoms. The average molecular weight is 373 g/mol. The Morgan fingerprint density at radius 1 is 1.31 bits per heavy atom. The minimum absolute atomic E-state index is 0.356. The van der Waals surface area contributed by atoms with Gasteiger partial charge in [0, 0.05) is 5.69 Å². The molecule has 134 valence electrons. The number of rotatable bonds is 5. The van der Waals surface area contributed by atoms with Gasteiger partial charge in [-0.05, 0) is 36.8 Å². The second-order valence-electron chi connectivity index (χ2n) is 5.62. The third-order valence-corrected chi connectivity index (χ3v) is 4.29. The quantitative estimate of drug-likeness (QED) is 0.743. The molecule has 0 aliphatic carbocycles. The molecule has 26 heavy (non-hydrogen) atoms. The highest BCUT2D eigenvalue weighted by Gasteiger charge is 2.22. The van der Waals surface area contributed by atoms with Crippen LogP contribution in [0.1, 0.15) is 19.4 Å². The number of halogens is 1. The van der Waals surface area contributed by atoms with Crippen LogP contribution in [-0.4, -0.2) is 28.0 Å². The summed E-state index contributed by atoms with van der Waals surface area (Å²) in [7, 11) is 1.51. The molecule has 0 fully saturated rings. The molecule has 2 aromatic carbocycles. The van der Waals surface area contributed by atoms with Crippen molar-refractivity contribution in [3.8, 4) is 5.75 Å². The van der Waals surface area contributed by atoms with Crippen LogP contribution < -0.4 is 15.6 Å². The van der Waals surface area contributed by atoms with Gasteiger partial charge in [-0.1, -0.05) is 35.9 Å². The smallest absolute Gasteiger partial charge is 0.278 e. The molecule has 1 atom stereocenters. The van der Waals surface area contributed by atoms with Crippen LogP contribution in [0.25, 0.3) is 10.9 Å². The van der Waals surface area contributed by atoms with Crippen molar-refractivity contribution in [1.82, 2.24) is 15.0 Å². The number of benzene rings is 2. The summed E-state index contributed by atoms with van der Waals surface area (Å²) in [5.74, 6) is 0.133. The minimum atomic E-state index is -0.791. The zero-order valence-electron chi connectivity index (χ0n) is 14.3. The normalized spacial score (nSPS) is 12.0. The zero-order valence-corrected chi connectivity index (χ0v) is 15.0. The number of methoxy groups -OCH3 is 1. The Kier molecular flexibility index (Phi) is 5.18. The monoisotopic (exact) mass is 372 g/mol. The van der Waals surface area contributed by atoms with E-state index in [-0.39, 0.29) is 11.5 Å². The zero-order chi connectivity index (χ0) is 18.7. The van der Waals surface area contributed by atoms with Crippen molar-refractivity contribution in [3.05, 3.63) is 57.8 Å². The first-order valence-corrected chi connectivity index (χ1v) is 8.41. The predicted molar refractivity (Wildman–Crippen MR) is 99.8 cm³/mol. The first-order chi connectivity index (χ1) is 12.5. The molecule has 7 nitrogen and oxygen atoms in total. The van der Waals surface area contributed by atoms with E-state index >= 15 is 0 Å². The van der Waals surface area contributed by atoms with Crippen LogP contribution in [0, 0.1) is 0 Å². The molecule has 0 saturated carbocycles. The number of aromatic nitrogens is 3. The van der Waals surface area contributed by atoms with Crippen LogP contribution in [-0.2, 0) is 4.79 Å². The van der Waals surface area contributed by atoms with Crippen molar-refractivity contribution in [3.63, 3.8) is 0 Å². The van der Waals surface area contributed by atoms with Crippen molar-refractivity contribution >= 4 is 34.1 Å². The summed E-state index contributed by atoms with van der Waals surface area (Å²) >= 11 is 6.08. The summed E-state index contributed by atoms with van der Waals surface area (Å²) < 4.78 is 6.21. The molecule has 0 spiro atoms. The van der Waals surface area contributed by atoms with Gasteiger partial charge in [0.2, 0.25) is 5.91 Å². The van der Waals surface area contributed by atoms with Gasteiger partial charge in [-0.15, -0.1) is 5.10 Å². The first-order valence-electron chi connectivity index (χ1n) is 8.03. The molecular weight excluding hydrogens is 356 g/mol. The molecule has 0 unspecified atom stereocenters. The largest absolute Gasteiger partial charge is 0.495 e. The highest BCUT2D eigenvalue weighted by atomic mass is 35.5. The maximum absolute atomic E-state index is 12.7. The number of amides is 1. The lowest BCUT2D eigenvalue weighted by atomic mass is 10.2. The Balaban J connectivity index is 1.91. The van der Waals surface area contributed by atoms with Crippen molar-refractivity contribution in [2.45, 2.75) is 19.4 Å². The van der Waals surface area contributed by atoms with Crippen LogP contribution in [0.2, 0.25) is 5.02 Å². The molecule has 0 aliphatic rings. The Hall–Kier alpha value is -2.93. The lowest BCUT2D eigenvalue weighted by Crippen LogP contribution is -2.35. The van der Waals surface area contributed by atoms with Crippen LogP contribution in [0.15, 0.2) is 47.3 Å². The van der Waals surface area contributed by atoms with Crippen molar-refractivity contribution in [2.75, 3.05) is 12.4 Å². The van der Waals surface area contributed by atoms with E-state index in [0.717, 1.165) is 4.68 Å². The Morgan fingerprint density at radius 2 is 2.08 bits per heavy atom. The molecule has 1 N–H and O–H groups in total. The fourth-order valence-electron chi connectivity index (χ4n) is 2.65. The number of ether oxygens (including phenoxy) is 1. The third kappa shape index (κ3) is 3.39. The van der Waals surface area contributed by atoms with E-state index in [9.17, 15) is 9.59 Å². The highest BCUT2D eigenvalue weighted by molar-refractivity contribution is 6.32. The summed E-state index contributed by atoms with van der Waals surface area (Å²) in [5, 5.41) is 11.5. The molecular formula is C18H17ClN4O3. The number of anilines is 1. The molecule has 1 amide bonds. The molecule has 1 aromatic heterocycles. The first kappa shape index (κ1) is 17.9. The van der Waals surface area contributed by atoms with Crippen LogP contribution in [0.5, 0.6) is 5.75 Å². The summed E-state index contributed by atoms with van der Waals surface area (Å²) in [5.41, 5.74) is 0.636. The van der Waals surface area contributed by atoms with E-state index in [1.165, 1.54) is 7.11 Å². The topological polar surface area (TPSA) is 86.1 Å². The number of carbonyl (C=O) groups is 1. The SMILES string of the molecule is CC[C@@H](C(=O)Nc1ccc(OC)c(Cl)c1)n1nnc2ccccc2c1=O. The van der Waals surface area contributed by atoms with Crippen molar-refractivity contribution in [2.24, 2.45) is 0 Å². The molecule has 8 heteroatoms. The Labute approximate surface area is 154 Å². The van der Waals surface area contributed by atoms with Gasteiger partial charge in [-0.2, -0.15) is 4.68 Å². The Bertz CT molecular complexity index is 1020. The second kappa shape index (κ2) is 7.53. The van der Waals surface area contributed by atoms with Crippen LogP contribution >= 0.6 is 11.6 Å². The predicted octanol–water partition coefficient (Wildman–Crippen LogP) is 3.04. The highest BCUT2D eigenvalue weighted by Crippen LogP contribution is 2.27. The number of nitrogens with one attached hydrogen (secondary N) is 1. The summed E-state index contributed by atoms with van der Waals surface area (Å²) in [6.07, 6.45) is 0.378. The lowest BCUT2D eigenvalue weighted by Gasteiger charge is -2.16. The van der Waals surface area contributed by atoms with Crippen molar-refractivity contribution < 1.29 is 9.53 Å². The van der Waals surface area contributed by atoms with Gasteiger partial charge >= 0.3 is 0 Å². The maximum atomic E-state index is 12.7. The van der Waals surface area contributed by atoms with Gasteiger partial charge in [0.1, 0.15) is 17.3 Å². The number of nitrogens with zero attached hydrogens (tertiary/aromatic N) is 3. The van der Waals surface area contributed by atoms with Gasteiger partial charge in [0.15, 0.2) is 0 Å². The molecule has 0 aliphatic heterocycles. The molecule has 3 rings (SSSR count). The maximum Gasteiger partial charge on any atom is 0.278 e. The van der Waals surface area contributed by atoms with E-state index in [4.69, 9.17) is 16.3 Å². The molecule has 0 radical (unpaired) electrons. The van der Waals surface area contributed by atoms with Gasteiger partial charge < -0.3 is 10.1 Å². The van der Waals surface area contributed by atoms with Gasteiger partial charge in [0.05, 0.1) is 17.5 Å². The summed E-state index contributed by atoms with van der Waals surface area (Å²) in [6, 6.07) is 11.0. The standard InChI is InChI=1S/C18H17ClN4O3/c1-3-15(17(24)20-11-8-9-16(26-2)13(19)10-11)23-18(25)12-6-4-5-7-14(12)21-22-23/h4-10,15H,3H2,1-2H3,(H,20,24)/t15-/m0/s1. The van der Waals surface area contributed by atoms with E-state index in [2.05, 4.69) is 15.6 Å². The number of hydrogen-bond acceptors (Lipinski definition) is 5. The Morgan fingerprint density at radius 3 is 2.77 bits per heavy atom. The van der Waals surface area contributed by atoms with Gasteiger partial charge in [-0.3, -0.25) is 9.59 Å². The molecule has 3 aromatic rings. The fraction of sp³-hybridized carbons (Fsp3) is 0.222. The van der Waals surface area contributed by atoms with Crippen molar-refractivity contribution in [1.29, 1.82) is 0 Å². The summed E-state index contributed by atoms with van der Waals surface area (Å²) in [6.45, 7) is 1.80. The van der Waals surface area contributed by atoms with Crippen LogP contribution in [0.3, 0.4) is 0 Å². The van der Waals surface area contributed by atoms with E-state index < -0.39 is 6.04 Å². The summed E-state index contributed by atoms with van der Waals surface area (Å²) in [4.78, 5) is 25.4. The van der Waals surface area contributed by atoms with Crippen LogP contribution in [0.4, 0.5) is 5.69 Å². The number of hydrogen-bond donors (Lipinski definition) is 1.